The molecular formula is C23H26O2. The predicted octanol–water partition coefficient (Wildman–Crippen LogP) is 5.81. The number of rotatable bonds is 6. The minimum Gasteiger partial charge on any atom is -0.369 e. The van der Waals surface area contributed by atoms with E-state index in [4.69, 9.17) is 6.42 Å². The molecule has 2 rings (SSSR count). The average Bonchev–Trinajstić information content (AvgIpc) is 2.60. The third-order valence-corrected chi connectivity index (χ3v) is 4.62. The van der Waals surface area contributed by atoms with Crippen molar-refractivity contribution in [3.8, 4) is 23.7 Å². The summed E-state index contributed by atoms with van der Waals surface area (Å²) in [6.45, 7) is 9.14. The molecule has 0 spiro atoms. The molecule has 0 fully saturated rings. The van der Waals surface area contributed by atoms with Crippen LogP contribution in [0, 0.1) is 18.4 Å². The van der Waals surface area contributed by atoms with Crippen molar-refractivity contribution >= 4 is 5.97 Å². The summed E-state index contributed by atoms with van der Waals surface area (Å²) >= 11 is 0. The van der Waals surface area contributed by atoms with Crippen LogP contribution in [0.3, 0.4) is 0 Å². The Morgan fingerprint density at radius 1 is 1.04 bits per heavy atom. The van der Waals surface area contributed by atoms with Crippen LogP contribution in [0.5, 0.6) is 0 Å². The van der Waals surface area contributed by atoms with E-state index in [0.29, 0.717) is 5.56 Å². The van der Waals surface area contributed by atoms with Crippen molar-refractivity contribution in [2.24, 2.45) is 5.92 Å². The van der Waals surface area contributed by atoms with E-state index in [1.54, 1.807) is 12.1 Å². The van der Waals surface area contributed by atoms with Crippen LogP contribution in [0.1, 0.15) is 56.5 Å². The van der Waals surface area contributed by atoms with Gasteiger partial charge in [0.1, 0.15) is 6.11 Å². The normalized spacial score (nSPS) is 11.2. The predicted molar refractivity (Wildman–Crippen MR) is 103 cm³/mol. The van der Waals surface area contributed by atoms with Gasteiger partial charge in [-0.3, -0.25) is 0 Å². The lowest BCUT2D eigenvalue weighted by atomic mass is 9.78. The quantitative estimate of drug-likeness (QED) is 0.492. The topological polar surface area (TPSA) is 26.3 Å². The Morgan fingerprint density at radius 2 is 1.56 bits per heavy atom. The molecule has 0 unspecified atom stereocenters. The van der Waals surface area contributed by atoms with Crippen LogP contribution in [-0.2, 0) is 10.2 Å². The Bertz CT molecular complexity index is 744. The summed E-state index contributed by atoms with van der Waals surface area (Å²) in [7, 11) is 0. The summed E-state index contributed by atoms with van der Waals surface area (Å²) in [5.74, 6) is 0.217. The number of ether oxygens (including phenoxy) is 1. The fourth-order valence-corrected chi connectivity index (χ4v) is 2.82. The zero-order chi connectivity index (χ0) is 18.4. The summed E-state index contributed by atoms with van der Waals surface area (Å²) in [5.41, 5.74) is 4.16. The van der Waals surface area contributed by atoms with Crippen LogP contribution in [-0.4, -0.2) is 5.97 Å². The lowest BCUT2D eigenvalue weighted by Gasteiger charge is -2.26. The fraction of sp³-hybridized carbons (Fsp3) is 0.348. The van der Waals surface area contributed by atoms with Gasteiger partial charge in [0.2, 0.25) is 0 Å². The molecule has 2 aromatic rings. The molecule has 0 aliphatic heterocycles. The van der Waals surface area contributed by atoms with Gasteiger partial charge < -0.3 is 4.74 Å². The van der Waals surface area contributed by atoms with Crippen molar-refractivity contribution in [1.29, 1.82) is 0 Å². The molecule has 0 saturated heterocycles. The number of esters is 1. The molecule has 0 aliphatic carbocycles. The Hall–Kier alpha value is -2.53. The van der Waals surface area contributed by atoms with Crippen molar-refractivity contribution < 1.29 is 9.53 Å². The molecule has 0 amide bonds. The first-order valence-corrected chi connectivity index (χ1v) is 8.71. The molecule has 2 nitrogen and oxygen atoms in total. The van der Waals surface area contributed by atoms with Crippen molar-refractivity contribution in [2.75, 3.05) is 0 Å². The summed E-state index contributed by atoms with van der Waals surface area (Å²) in [5, 5.41) is 0. The van der Waals surface area contributed by atoms with Crippen LogP contribution >= 0.6 is 0 Å². The lowest BCUT2D eigenvalue weighted by molar-refractivity contribution is 0.0691. The van der Waals surface area contributed by atoms with Crippen LogP contribution in [0.25, 0.3) is 11.1 Å². The van der Waals surface area contributed by atoms with Gasteiger partial charge in [0.05, 0.1) is 5.56 Å². The summed E-state index contributed by atoms with van der Waals surface area (Å²) in [4.78, 5) is 11.6. The molecule has 0 heterocycles. The minimum absolute atomic E-state index is 0.172. The van der Waals surface area contributed by atoms with Crippen LogP contribution in [0.2, 0.25) is 0 Å². The largest absolute Gasteiger partial charge is 0.369 e. The maximum atomic E-state index is 11.6. The number of carbonyl (C=O) groups is 1. The molecule has 0 atom stereocenters. The van der Waals surface area contributed by atoms with Crippen molar-refractivity contribution in [3.05, 3.63) is 59.7 Å². The third kappa shape index (κ3) is 4.97. The first-order valence-electron chi connectivity index (χ1n) is 8.71. The third-order valence-electron chi connectivity index (χ3n) is 4.62. The van der Waals surface area contributed by atoms with E-state index in [9.17, 15) is 4.79 Å². The Morgan fingerprint density at radius 3 is 2.04 bits per heavy atom. The fourth-order valence-electron chi connectivity index (χ4n) is 2.82. The summed E-state index contributed by atoms with van der Waals surface area (Å²) in [6, 6.07) is 16.0. The van der Waals surface area contributed by atoms with E-state index >= 15 is 0 Å². The van der Waals surface area contributed by atoms with Crippen LogP contribution in [0.15, 0.2) is 48.5 Å². The molecule has 0 N–H and O–H groups in total. The Labute approximate surface area is 151 Å². The van der Waals surface area contributed by atoms with Crippen molar-refractivity contribution in [2.45, 2.75) is 46.0 Å². The van der Waals surface area contributed by atoms with E-state index < -0.39 is 5.97 Å². The van der Waals surface area contributed by atoms with Crippen molar-refractivity contribution in [3.63, 3.8) is 0 Å². The Kier molecular flexibility index (Phi) is 6.04. The molecule has 0 aliphatic rings. The summed E-state index contributed by atoms with van der Waals surface area (Å²) < 4.78 is 4.56. The standard InChI is InChI=1S/C23H26O2/c1-6-25-22(24)20-9-7-18(8-10-20)19-11-13-21(14-12-19)23(4,5)16-15-17(2)3/h1,7-14,17H,15-16H2,2-5H3. The second-order valence-corrected chi connectivity index (χ2v) is 7.48. The van der Waals surface area contributed by atoms with Gasteiger partial charge in [-0.15, -0.1) is 0 Å². The number of hydrogen-bond acceptors (Lipinski definition) is 2. The van der Waals surface area contributed by atoms with E-state index in [2.05, 4.69) is 56.7 Å². The minimum atomic E-state index is -0.503. The van der Waals surface area contributed by atoms with Gasteiger partial charge in [-0.1, -0.05) is 76.9 Å². The summed E-state index contributed by atoms with van der Waals surface area (Å²) in [6.07, 6.45) is 9.28. The monoisotopic (exact) mass is 334 g/mol. The van der Waals surface area contributed by atoms with Gasteiger partial charge >= 0.3 is 5.97 Å². The van der Waals surface area contributed by atoms with Crippen LogP contribution in [0.4, 0.5) is 0 Å². The smallest absolute Gasteiger partial charge is 0.352 e. The van der Waals surface area contributed by atoms with Gasteiger partial charge in [-0.05, 0) is 46.6 Å². The highest BCUT2D eigenvalue weighted by Gasteiger charge is 2.20. The molecule has 0 bridgehead atoms. The first kappa shape index (κ1) is 18.8. The molecule has 2 heteroatoms. The van der Waals surface area contributed by atoms with E-state index in [1.165, 1.54) is 18.4 Å². The average molecular weight is 334 g/mol. The maximum absolute atomic E-state index is 11.6. The molecular weight excluding hydrogens is 308 g/mol. The zero-order valence-electron chi connectivity index (χ0n) is 15.5. The number of benzene rings is 2. The van der Waals surface area contributed by atoms with Gasteiger partial charge in [-0.25, -0.2) is 4.79 Å². The number of carbonyl (C=O) groups excluding carboxylic acids is 1. The highest BCUT2D eigenvalue weighted by Crippen LogP contribution is 2.31. The van der Waals surface area contributed by atoms with E-state index in [1.807, 2.05) is 18.2 Å². The lowest BCUT2D eigenvalue weighted by Crippen LogP contribution is -2.17. The second kappa shape index (κ2) is 8.03. The highest BCUT2D eigenvalue weighted by molar-refractivity contribution is 5.90. The van der Waals surface area contributed by atoms with E-state index in [-0.39, 0.29) is 5.41 Å². The number of terminal acetylenes is 1. The number of hydrogen-bond donors (Lipinski definition) is 0. The molecule has 130 valence electrons. The van der Waals surface area contributed by atoms with Gasteiger partial charge in [-0.2, -0.15) is 0 Å². The molecule has 0 saturated carbocycles. The first-order chi connectivity index (χ1) is 11.8. The van der Waals surface area contributed by atoms with Gasteiger partial charge in [0, 0.05) is 0 Å². The molecule has 0 aromatic heterocycles. The van der Waals surface area contributed by atoms with Crippen molar-refractivity contribution in [1.82, 2.24) is 0 Å². The van der Waals surface area contributed by atoms with Gasteiger partial charge in [0.15, 0.2) is 0 Å². The molecule has 0 radical (unpaired) electrons. The molecule has 25 heavy (non-hydrogen) atoms. The zero-order valence-corrected chi connectivity index (χ0v) is 15.5. The van der Waals surface area contributed by atoms with Crippen LogP contribution < -0.4 is 0 Å². The second-order valence-electron chi connectivity index (χ2n) is 7.48. The Balaban J connectivity index is 2.14. The highest BCUT2D eigenvalue weighted by atomic mass is 16.5. The SMILES string of the molecule is C#COC(=O)c1ccc(-c2ccc(C(C)(C)CCC(C)C)cc2)cc1. The molecule has 2 aromatic carbocycles. The van der Waals surface area contributed by atoms with E-state index in [0.717, 1.165) is 17.0 Å². The maximum Gasteiger partial charge on any atom is 0.352 e. The van der Waals surface area contributed by atoms with Gasteiger partial charge in [0.25, 0.3) is 0 Å².